The van der Waals surface area contributed by atoms with Gasteiger partial charge in [-0.15, -0.1) is 12.6 Å². The first-order chi connectivity index (χ1) is 8.60. The lowest BCUT2D eigenvalue weighted by Crippen LogP contribution is -2.40. The van der Waals surface area contributed by atoms with E-state index in [0.717, 1.165) is 17.7 Å². The van der Waals surface area contributed by atoms with Gasteiger partial charge in [-0.05, 0) is 50.8 Å². The molecule has 2 heteroatoms. The SMILES string of the molecule is C/C=C(\CC)N1C(C)c2cccc(S)c2C[C@@H]1C. The van der Waals surface area contributed by atoms with Crippen LogP contribution in [0.1, 0.15) is 51.3 Å². The summed E-state index contributed by atoms with van der Waals surface area (Å²) in [6.45, 7) is 9.00. The van der Waals surface area contributed by atoms with E-state index in [1.807, 2.05) is 0 Å². The van der Waals surface area contributed by atoms with E-state index < -0.39 is 0 Å². The number of rotatable bonds is 2. The van der Waals surface area contributed by atoms with Gasteiger partial charge in [-0.25, -0.2) is 0 Å². The van der Waals surface area contributed by atoms with Crippen molar-refractivity contribution in [1.82, 2.24) is 4.90 Å². The van der Waals surface area contributed by atoms with Crippen LogP contribution in [-0.4, -0.2) is 10.9 Å². The Bertz CT molecular complexity index is 464. The van der Waals surface area contributed by atoms with Crippen LogP contribution in [-0.2, 0) is 6.42 Å². The molecular formula is C16H23NS. The maximum absolute atomic E-state index is 4.61. The third kappa shape index (κ3) is 2.18. The van der Waals surface area contributed by atoms with E-state index in [1.165, 1.54) is 16.8 Å². The first kappa shape index (κ1) is 13.5. The van der Waals surface area contributed by atoms with Gasteiger partial charge in [0.2, 0.25) is 0 Å². The van der Waals surface area contributed by atoms with Crippen LogP contribution in [0.4, 0.5) is 0 Å². The molecule has 1 heterocycles. The summed E-state index contributed by atoms with van der Waals surface area (Å²) in [7, 11) is 0. The van der Waals surface area contributed by atoms with Gasteiger partial charge in [0.1, 0.15) is 0 Å². The van der Waals surface area contributed by atoms with Crippen molar-refractivity contribution in [1.29, 1.82) is 0 Å². The van der Waals surface area contributed by atoms with Crippen molar-refractivity contribution in [3.63, 3.8) is 0 Å². The first-order valence-electron chi connectivity index (χ1n) is 6.84. The Labute approximate surface area is 116 Å². The molecule has 1 aromatic carbocycles. The maximum Gasteiger partial charge on any atom is 0.0517 e. The minimum atomic E-state index is 0.446. The molecule has 2 atom stereocenters. The van der Waals surface area contributed by atoms with Crippen LogP contribution >= 0.6 is 12.6 Å². The van der Waals surface area contributed by atoms with Crippen molar-refractivity contribution in [2.45, 2.75) is 57.5 Å². The van der Waals surface area contributed by atoms with E-state index >= 15 is 0 Å². The van der Waals surface area contributed by atoms with Gasteiger partial charge >= 0.3 is 0 Å². The Morgan fingerprint density at radius 3 is 2.78 bits per heavy atom. The average molecular weight is 261 g/mol. The number of benzene rings is 1. The molecule has 0 fully saturated rings. The van der Waals surface area contributed by atoms with Crippen LogP contribution < -0.4 is 0 Å². The molecule has 0 N–H and O–H groups in total. The van der Waals surface area contributed by atoms with Crippen LogP contribution in [0.2, 0.25) is 0 Å². The molecule has 0 bridgehead atoms. The molecule has 1 aliphatic heterocycles. The molecule has 0 radical (unpaired) electrons. The van der Waals surface area contributed by atoms with Crippen molar-refractivity contribution < 1.29 is 0 Å². The minimum absolute atomic E-state index is 0.446. The lowest BCUT2D eigenvalue weighted by atomic mass is 9.88. The molecule has 98 valence electrons. The van der Waals surface area contributed by atoms with Crippen LogP contribution in [0.15, 0.2) is 34.9 Å². The van der Waals surface area contributed by atoms with E-state index in [4.69, 9.17) is 0 Å². The number of hydrogen-bond acceptors (Lipinski definition) is 2. The van der Waals surface area contributed by atoms with E-state index in [0.29, 0.717) is 12.1 Å². The third-order valence-electron chi connectivity index (χ3n) is 4.06. The smallest absolute Gasteiger partial charge is 0.0517 e. The van der Waals surface area contributed by atoms with E-state index in [-0.39, 0.29) is 0 Å². The van der Waals surface area contributed by atoms with Gasteiger partial charge < -0.3 is 4.90 Å². The molecule has 1 unspecified atom stereocenters. The zero-order chi connectivity index (χ0) is 13.3. The fourth-order valence-electron chi connectivity index (χ4n) is 3.20. The largest absolute Gasteiger partial charge is 0.365 e. The third-order valence-corrected chi connectivity index (χ3v) is 4.48. The van der Waals surface area contributed by atoms with Crippen molar-refractivity contribution in [2.75, 3.05) is 0 Å². The minimum Gasteiger partial charge on any atom is -0.365 e. The highest BCUT2D eigenvalue weighted by molar-refractivity contribution is 7.80. The molecule has 0 saturated heterocycles. The molecule has 0 aliphatic carbocycles. The number of fused-ring (bicyclic) bond motifs is 1. The Hall–Kier alpha value is -0.890. The van der Waals surface area contributed by atoms with Crippen molar-refractivity contribution in [2.24, 2.45) is 0 Å². The monoisotopic (exact) mass is 261 g/mol. The lowest BCUT2D eigenvalue weighted by Gasteiger charge is -2.43. The van der Waals surface area contributed by atoms with E-state index in [1.54, 1.807) is 0 Å². The molecule has 1 aliphatic rings. The zero-order valence-electron chi connectivity index (χ0n) is 11.8. The average Bonchev–Trinajstić information content (AvgIpc) is 2.36. The quantitative estimate of drug-likeness (QED) is 0.762. The van der Waals surface area contributed by atoms with Crippen molar-refractivity contribution in [3.8, 4) is 0 Å². The molecule has 0 aromatic heterocycles. The first-order valence-corrected chi connectivity index (χ1v) is 7.29. The molecular weight excluding hydrogens is 238 g/mol. The highest BCUT2D eigenvalue weighted by Gasteiger charge is 2.30. The number of nitrogens with zero attached hydrogens (tertiary/aromatic N) is 1. The van der Waals surface area contributed by atoms with Gasteiger partial charge in [0, 0.05) is 16.6 Å². The zero-order valence-corrected chi connectivity index (χ0v) is 12.7. The normalized spacial score (nSPS) is 24.1. The second-order valence-electron chi connectivity index (χ2n) is 5.11. The van der Waals surface area contributed by atoms with Crippen LogP contribution in [0, 0.1) is 0 Å². The second kappa shape index (κ2) is 5.40. The van der Waals surface area contributed by atoms with E-state index in [9.17, 15) is 0 Å². The summed E-state index contributed by atoms with van der Waals surface area (Å²) < 4.78 is 0. The van der Waals surface area contributed by atoms with E-state index in [2.05, 4.69) is 69.5 Å². The molecule has 0 saturated carbocycles. The summed E-state index contributed by atoms with van der Waals surface area (Å²) in [6.07, 6.45) is 4.44. The topological polar surface area (TPSA) is 3.24 Å². The van der Waals surface area contributed by atoms with Crippen molar-refractivity contribution >= 4 is 12.6 Å². The lowest BCUT2D eigenvalue weighted by molar-refractivity contribution is 0.182. The van der Waals surface area contributed by atoms with Crippen LogP contribution in [0.25, 0.3) is 0 Å². The standard InChI is InChI=1S/C16H23NS/c1-5-13(6-2)17-11(3)10-15-14(12(17)4)8-7-9-16(15)18/h5,7-9,11-12,18H,6,10H2,1-4H3/b13-5+/t11-,12?/m0/s1. The fraction of sp³-hybridized carbons (Fsp3) is 0.500. The van der Waals surface area contributed by atoms with Gasteiger partial charge in [0.25, 0.3) is 0 Å². The highest BCUT2D eigenvalue weighted by atomic mass is 32.1. The molecule has 0 spiro atoms. The second-order valence-corrected chi connectivity index (χ2v) is 5.60. The molecule has 0 amide bonds. The summed E-state index contributed by atoms with van der Waals surface area (Å²) >= 11 is 4.61. The van der Waals surface area contributed by atoms with Crippen molar-refractivity contribution in [3.05, 3.63) is 41.1 Å². The molecule has 18 heavy (non-hydrogen) atoms. The highest BCUT2D eigenvalue weighted by Crippen LogP contribution is 2.38. The fourth-order valence-corrected chi connectivity index (χ4v) is 3.51. The van der Waals surface area contributed by atoms with Crippen LogP contribution in [0.3, 0.4) is 0 Å². The predicted molar refractivity (Wildman–Crippen MR) is 81.2 cm³/mol. The summed E-state index contributed by atoms with van der Waals surface area (Å²) in [4.78, 5) is 3.71. The summed E-state index contributed by atoms with van der Waals surface area (Å²) in [6, 6.07) is 7.47. The van der Waals surface area contributed by atoms with Gasteiger partial charge in [-0.1, -0.05) is 25.1 Å². The van der Waals surface area contributed by atoms with Crippen LogP contribution in [0.5, 0.6) is 0 Å². The van der Waals surface area contributed by atoms with Gasteiger partial charge in [0.15, 0.2) is 0 Å². The predicted octanol–water partition coefficient (Wildman–Crippen LogP) is 4.60. The maximum atomic E-state index is 4.61. The van der Waals surface area contributed by atoms with Gasteiger partial charge in [0.05, 0.1) is 6.04 Å². The number of allylic oxidation sites excluding steroid dienone is 2. The summed E-state index contributed by atoms with van der Waals surface area (Å²) in [5.41, 5.74) is 4.32. The Kier molecular flexibility index (Phi) is 4.06. The number of thiol groups is 1. The van der Waals surface area contributed by atoms with Gasteiger partial charge in [-0.3, -0.25) is 0 Å². The Morgan fingerprint density at radius 2 is 2.17 bits per heavy atom. The Balaban J connectivity index is 2.45. The molecule has 1 aromatic rings. The summed E-state index contributed by atoms with van der Waals surface area (Å²) in [5.74, 6) is 0. The van der Waals surface area contributed by atoms with Gasteiger partial charge in [-0.2, -0.15) is 0 Å². The molecule has 2 rings (SSSR count). The Morgan fingerprint density at radius 1 is 1.44 bits per heavy atom. The molecule has 1 nitrogen and oxygen atoms in total. The summed E-state index contributed by atoms with van der Waals surface area (Å²) in [5, 5.41) is 0. The number of hydrogen-bond donors (Lipinski definition) is 1.